The zero-order valence-electron chi connectivity index (χ0n) is 6.98. The van der Waals surface area contributed by atoms with Crippen LogP contribution in [0, 0.1) is 0 Å². The van der Waals surface area contributed by atoms with Crippen molar-refractivity contribution in [3.63, 3.8) is 0 Å². The zero-order chi connectivity index (χ0) is 11.2. The van der Waals surface area contributed by atoms with Crippen LogP contribution in [-0.2, 0) is 34.6 Å². The molecule has 0 aliphatic carbocycles. The molecule has 14 heavy (non-hydrogen) atoms. The van der Waals surface area contributed by atoms with E-state index in [1.165, 1.54) is 13.1 Å². The molecule has 1 rings (SSSR count). The Hall–Kier alpha value is -1.58. The molecule has 0 aliphatic heterocycles. The fourth-order valence-corrected chi connectivity index (χ4v) is 0.707. The molecule has 0 heterocycles. The Morgan fingerprint density at radius 3 is 1.36 bits per heavy atom. The van der Waals surface area contributed by atoms with Crippen molar-refractivity contribution >= 4 is 19.8 Å². The van der Waals surface area contributed by atoms with Gasteiger partial charge in [-0.2, -0.15) is 18.2 Å². The first-order valence-corrected chi connectivity index (χ1v) is 7.16. The molecule has 0 atom stereocenters. The molecule has 1 aromatic rings. The van der Waals surface area contributed by atoms with Crippen molar-refractivity contribution in [1.29, 1.82) is 0 Å². The van der Waals surface area contributed by atoms with E-state index in [0.717, 1.165) is 0 Å². The second kappa shape index (κ2) is 14.0. The van der Waals surface area contributed by atoms with Gasteiger partial charge in [-0.3, -0.25) is 6.79 Å². The van der Waals surface area contributed by atoms with Gasteiger partial charge < -0.3 is 4.79 Å². The molecule has 0 fully saturated rings. The summed E-state index contributed by atoms with van der Waals surface area (Å²) in [5, 5.41) is 0. The molecule has 0 aromatic heterocycles. The Morgan fingerprint density at radius 1 is 0.929 bits per heavy atom. The molecule has 4 nitrogen and oxygen atoms in total. The molecule has 0 radical (unpaired) electrons. The first-order valence-electron chi connectivity index (χ1n) is 3.08. The van der Waals surface area contributed by atoms with Crippen molar-refractivity contribution in [2.24, 2.45) is 0 Å². The van der Waals surface area contributed by atoms with Gasteiger partial charge in [-0.1, -0.05) is 0 Å². The summed E-state index contributed by atoms with van der Waals surface area (Å²) in [6, 6.07) is 10.0. The molecule has 1 aromatic carbocycles. The average molecular weight is 364 g/mol. The van der Waals surface area contributed by atoms with Gasteiger partial charge in [0.25, 0.3) is 0 Å². The molecule has 0 saturated heterocycles. The van der Waals surface area contributed by atoms with Crippen LogP contribution in [0.4, 0.5) is 0 Å². The molecule has 0 saturated carbocycles. The van der Waals surface area contributed by atoms with Crippen molar-refractivity contribution in [2.45, 2.75) is 0 Å². The second-order valence-corrected chi connectivity index (χ2v) is 5.18. The maximum Gasteiger partial charge on any atom is -0.172 e. The number of rotatable bonds is 0. The van der Waals surface area contributed by atoms with Crippen LogP contribution in [0.15, 0.2) is 30.3 Å². The standard InChI is InChI=1S/C5H5.CHO.3CO.Re/c1-2-4-5-3-1;4*1-2;/h1-5H;1H;;;;/q2*-1;;;;. The van der Waals surface area contributed by atoms with Crippen molar-refractivity contribution in [2.75, 3.05) is 0 Å². The maximum atomic E-state index is 9.40. The topological polar surface area (TPSA) is 68.3 Å². The van der Waals surface area contributed by atoms with Crippen molar-refractivity contribution in [3.05, 3.63) is 30.3 Å². The van der Waals surface area contributed by atoms with Gasteiger partial charge >= 0.3 is 42.8 Å². The molecule has 0 amide bonds. The van der Waals surface area contributed by atoms with Crippen LogP contribution in [0.5, 0.6) is 0 Å². The van der Waals surface area contributed by atoms with Crippen molar-refractivity contribution in [1.82, 2.24) is 0 Å². The van der Waals surface area contributed by atoms with Gasteiger partial charge in [0.05, 0.1) is 0 Å². The summed E-state index contributed by atoms with van der Waals surface area (Å²) in [6.45, 7) is 3.25. The van der Waals surface area contributed by atoms with Crippen LogP contribution < -0.4 is 0 Å². The minimum Gasteiger partial charge on any atom is -0.545 e. The fraction of sp³-hybridized carbons (Fsp3) is 0. The normalized spacial score (nSPS) is 5.71. The summed E-state index contributed by atoms with van der Waals surface area (Å²) in [5.41, 5.74) is 0. The Morgan fingerprint density at radius 2 is 1.29 bits per heavy atom. The third-order valence-electron chi connectivity index (χ3n) is 0.787. The van der Waals surface area contributed by atoms with Crippen LogP contribution in [0.1, 0.15) is 0 Å². The van der Waals surface area contributed by atoms with E-state index in [2.05, 4.69) is 6.79 Å². The monoisotopic (exact) mass is 365 g/mol. The Balaban J connectivity index is 0. The smallest absolute Gasteiger partial charge is 0.172 e. The largest absolute Gasteiger partial charge is 0.545 e. The average Bonchev–Trinajstić information content (AvgIpc) is 2.82. The molecule has 0 aliphatic rings. The first-order chi connectivity index (χ1) is 6.85. The Bertz CT molecular complexity index is 362. The van der Waals surface area contributed by atoms with E-state index in [1.54, 1.807) is 0 Å². The number of hydrogen-bond donors (Lipinski definition) is 0. The number of hydrogen-bond acceptors (Lipinski definition) is 4. The van der Waals surface area contributed by atoms with Crippen LogP contribution in [0.2, 0.25) is 0 Å². The van der Waals surface area contributed by atoms with Crippen LogP contribution >= 0.6 is 0 Å². The van der Waals surface area contributed by atoms with Crippen LogP contribution in [-0.4, -0.2) is 19.8 Å². The SMILES string of the molecule is O=[C]=[Re](=[C]=O)=[C]=O.[CH-]=O.c1cc[cH-]c1. The van der Waals surface area contributed by atoms with E-state index in [4.69, 9.17) is 4.79 Å². The summed E-state index contributed by atoms with van der Waals surface area (Å²) < 4.78 is 3.87. The summed E-state index contributed by atoms with van der Waals surface area (Å²) in [6.07, 6.45) is 0. The third-order valence-corrected chi connectivity index (χ3v) is 2.45. The van der Waals surface area contributed by atoms with Gasteiger partial charge in [-0.05, 0) is 0 Å². The molecule has 75 valence electrons. The summed E-state index contributed by atoms with van der Waals surface area (Å²) in [7, 11) is 0. The van der Waals surface area contributed by atoms with Crippen molar-refractivity contribution in [3.8, 4) is 0 Å². The van der Waals surface area contributed by atoms with E-state index in [1.807, 2.05) is 30.3 Å². The molecule has 5 heteroatoms. The quantitative estimate of drug-likeness (QED) is 0.478. The van der Waals surface area contributed by atoms with Gasteiger partial charge in [-0.25, -0.2) is 12.1 Å². The van der Waals surface area contributed by atoms with Gasteiger partial charge in [0.1, 0.15) is 0 Å². The molecule has 0 N–H and O–H groups in total. The fourth-order valence-electron chi connectivity index (χ4n) is 0.368. The van der Waals surface area contributed by atoms with Gasteiger partial charge in [0.15, 0.2) is 0 Å². The molecular weight excluding hydrogens is 358 g/mol. The van der Waals surface area contributed by atoms with Gasteiger partial charge in [0, 0.05) is 0 Å². The number of carbonyl (C=O) groups excluding carboxylic acids is 4. The molecular formula is C9H6O4Re-2. The molecule has 0 bridgehead atoms. The van der Waals surface area contributed by atoms with E-state index < -0.39 is 15.4 Å². The Kier molecular flexibility index (Phi) is 14.9. The predicted octanol–water partition coefficient (Wildman–Crippen LogP) is -0.0624. The van der Waals surface area contributed by atoms with Gasteiger partial charge in [-0.15, -0.1) is 0 Å². The molecule has 0 spiro atoms. The van der Waals surface area contributed by atoms with E-state index in [-0.39, 0.29) is 0 Å². The second-order valence-electron chi connectivity index (χ2n) is 1.48. The summed E-state index contributed by atoms with van der Waals surface area (Å²) in [4.78, 5) is 35.9. The van der Waals surface area contributed by atoms with E-state index in [9.17, 15) is 14.4 Å². The third kappa shape index (κ3) is 10.4. The minimum atomic E-state index is -2.97. The van der Waals surface area contributed by atoms with E-state index >= 15 is 0 Å². The zero-order valence-corrected chi connectivity index (χ0v) is 9.69. The van der Waals surface area contributed by atoms with Crippen LogP contribution in [0.3, 0.4) is 0 Å². The van der Waals surface area contributed by atoms with E-state index in [0.29, 0.717) is 0 Å². The van der Waals surface area contributed by atoms with Gasteiger partial charge in [0.2, 0.25) is 0 Å². The summed E-state index contributed by atoms with van der Waals surface area (Å²) in [5.74, 6) is 0. The Labute approximate surface area is 85.0 Å². The minimum absolute atomic E-state index is 1.29. The summed E-state index contributed by atoms with van der Waals surface area (Å²) >= 11 is -2.97. The van der Waals surface area contributed by atoms with Crippen LogP contribution in [0.25, 0.3) is 0 Å². The maximum absolute atomic E-state index is 9.40. The molecule has 0 unspecified atom stereocenters. The van der Waals surface area contributed by atoms with Crippen molar-refractivity contribution < 1.29 is 34.6 Å². The predicted molar refractivity (Wildman–Crippen MR) is 45.9 cm³/mol. The first kappa shape index (κ1) is 14.9.